The second kappa shape index (κ2) is 5.37. The van der Waals surface area contributed by atoms with Gasteiger partial charge in [-0.2, -0.15) is 0 Å². The Morgan fingerprint density at radius 1 is 1.35 bits per heavy atom. The molecule has 1 N–H and O–H groups in total. The zero-order valence-electron chi connectivity index (χ0n) is 8.92. The number of nitrogens with zero attached hydrogens (tertiary/aromatic N) is 1. The maximum Gasteiger partial charge on any atom is 0.417 e. The third-order valence-electron chi connectivity index (χ3n) is 1.98. The van der Waals surface area contributed by atoms with Gasteiger partial charge in [0.25, 0.3) is 0 Å². The number of hydrogen-bond donors (Lipinski definition) is 1. The Kier molecular flexibility index (Phi) is 3.62. The standard InChI is InChI=1S/C11H11N2O3P/c1-2-15-17(14)16-8-7-11-12-9-5-3-4-6-10(9)13-11/h2-8,17H,1H2,(H,12,13). The van der Waals surface area contributed by atoms with Crippen LogP contribution in [0.25, 0.3) is 17.1 Å². The summed E-state index contributed by atoms with van der Waals surface area (Å²) in [5.41, 5.74) is 1.80. The minimum atomic E-state index is -2.54. The molecule has 0 bridgehead atoms. The highest BCUT2D eigenvalue weighted by Crippen LogP contribution is 2.24. The first kappa shape index (κ1) is 11.5. The Balaban J connectivity index is 2.05. The molecule has 1 unspecified atom stereocenters. The average Bonchev–Trinajstić information content (AvgIpc) is 2.71. The first-order chi connectivity index (χ1) is 8.29. The van der Waals surface area contributed by atoms with E-state index < -0.39 is 8.25 Å². The van der Waals surface area contributed by atoms with Crippen molar-refractivity contribution in [2.45, 2.75) is 0 Å². The average molecular weight is 250 g/mol. The normalized spacial score (nSPS) is 12.7. The van der Waals surface area contributed by atoms with Crippen LogP contribution in [0.2, 0.25) is 0 Å². The molecule has 2 rings (SSSR count). The van der Waals surface area contributed by atoms with E-state index in [-0.39, 0.29) is 0 Å². The van der Waals surface area contributed by atoms with Crippen molar-refractivity contribution < 1.29 is 13.6 Å². The first-order valence-corrected chi connectivity index (χ1v) is 6.11. The van der Waals surface area contributed by atoms with Gasteiger partial charge in [-0.05, 0) is 12.1 Å². The molecule has 0 fully saturated rings. The zero-order valence-corrected chi connectivity index (χ0v) is 9.92. The fourth-order valence-electron chi connectivity index (χ4n) is 1.30. The Morgan fingerprint density at radius 3 is 2.94 bits per heavy atom. The Morgan fingerprint density at radius 2 is 2.18 bits per heavy atom. The number of para-hydroxylation sites is 2. The molecule has 0 radical (unpaired) electrons. The fraction of sp³-hybridized carbons (Fsp3) is 0. The van der Waals surface area contributed by atoms with Gasteiger partial charge < -0.3 is 14.0 Å². The lowest BCUT2D eigenvalue weighted by Gasteiger charge is -1.97. The maximum atomic E-state index is 11.0. The lowest BCUT2D eigenvalue weighted by atomic mass is 10.3. The summed E-state index contributed by atoms with van der Waals surface area (Å²) in [6.07, 6.45) is 3.94. The van der Waals surface area contributed by atoms with E-state index in [0.717, 1.165) is 17.3 Å². The number of hydrogen-bond acceptors (Lipinski definition) is 4. The van der Waals surface area contributed by atoms with Crippen LogP contribution in [0, 0.1) is 0 Å². The van der Waals surface area contributed by atoms with Crippen LogP contribution in [0.1, 0.15) is 5.82 Å². The van der Waals surface area contributed by atoms with Crippen molar-refractivity contribution in [3.63, 3.8) is 0 Å². The van der Waals surface area contributed by atoms with Gasteiger partial charge in [-0.3, -0.25) is 0 Å². The smallest absolute Gasteiger partial charge is 0.417 e. The SMILES string of the molecule is C=CO[PH](=O)OC=Cc1nc2ccccc2[nH]1. The second-order valence-electron chi connectivity index (χ2n) is 3.09. The molecule has 1 atom stereocenters. The summed E-state index contributed by atoms with van der Waals surface area (Å²) in [7, 11) is -2.54. The quantitative estimate of drug-likeness (QED) is 0.654. The number of imidazole rings is 1. The van der Waals surface area contributed by atoms with E-state index in [2.05, 4.69) is 21.1 Å². The highest BCUT2D eigenvalue weighted by atomic mass is 31.1. The summed E-state index contributed by atoms with van der Waals surface area (Å²) >= 11 is 0. The molecule has 1 heterocycles. The van der Waals surface area contributed by atoms with E-state index in [9.17, 15) is 4.57 Å². The highest BCUT2D eigenvalue weighted by Gasteiger charge is 1.98. The van der Waals surface area contributed by atoms with E-state index in [4.69, 9.17) is 4.52 Å². The summed E-state index contributed by atoms with van der Waals surface area (Å²) in [5, 5.41) is 0. The number of aromatic amines is 1. The van der Waals surface area contributed by atoms with Crippen LogP contribution in [-0.4, -0.2) is 9.97 Å². The van der Waals surface area contributed by atoms with Gasteiger partial charge in [-0.25, -0.2) is 9.55 Å². The summed E-state index contributed by atoms with van der Waals surface area (Å²) in [4.78, 5) is 7.35. The lowest BCUT2D eigenvalue weighted by Crippen LogP contribution is -1.74. The third kappa shape index (κ3) is 2.98. The minimum Gasteiger partial charge on any atom is -0.427 e. The van der Waals surface area contributed by atoms with Gasteiger partial charge in [-0.1, -0.05) is 18.7 Å². The monoisotopic (exact) mass is 250 g/mol. The van der Waals surface area contributed by atoms with Gasteiger partial charge in [0.2, 0.25) is 0 Å². The van der Waals surface area contributed by atoms with Gasteiger partial charge in [0, 0.05) is 6.08 Å². The maximum absolute atomic E-state index is 11.0. The molecule has 17 heavy (non-hydrogen) atoms. The molecule has 0 spiro atoms. The summed E-state index contributed by atoms with van der Waals surface area (Å²) in [6, 6.07) is 7.64. The third-order valence-corrected chi connectivity index (χ3v) is 2.67. The molecule has 5 nitrogen and oxygen atoms in total. The topological polar surface area (TPSA) is 64.2 Å². The number of fused-ring (bicyclic) bond motifs is 1. The predicted molar refractivity (Wildman–Crippen MR) is 66.5 cm³/mol. The molecule has 0 saturated carbocycles. The highest BCUT2D eigenvalue weighted by molar-refractivity contribution is 7.33. The van der Waals surface area contributed by atoms with Gasteiger partial charge in [0.1, 0.15) is 5.82 Å². The molecule has 1 aromatic heterocycles. The zero-order chi connectivity index (χ0) is 12.1. The van der Waals surface area contributed by atoms with Crippen molar-refractivity contribution in [2.75, 3.05) is 0 Å². The van der Waals surface area contributed by atoms with Gasteiger partial charge in [0.15, 0.2) is 0 Å². The molecule has 0 aliphatic heterocycles. The second-order valence-corrected chi connectivity index (χ2v) is 4.07. The van der Waals surface area contributed by atoms with Crippen molar-refractivity contribution in [1.82, 2.24) is 9.97 Å². The predicted octanol–water partition coefficient (Wildman–Crippen LogP) is 3.10. The summed E-state index contributed by atoms with van der Waals surface area (Å²) < 4.78 is 20.3. The molecule has 6 heteroatoms. The van der Waals surface area contributed by atoms with Crippen molar-refractivity contribution in [3.8, 4) is 0 Å². The van der Waals surface area contributed by atoms with Crippen molar-refractivity contribution in [2.24, 2.45) is 0 Å². The van der Waals surface area contributed by atoms with Crippen molar-refractivity contribution in [3.05, 3.63) is 49.2 Å². The Labute approximate surface area is 98.7 Å². The largest absolute Gasteiger partial charge is 0.427 e. The van der Waals surface area contributed by atoms with Crippen LogP contribution < -0.4 is 0 Å². The van der Waals surface area contributed by atoms with Crippen LogP contribution in [-0.2, 0) is 13.6 Å². The number of aromatic nitrogens is 2. The molecular weight excluding hydrogens is 239 g/mol. The van der Waals surface area contributed by atoms with Crippen LogP contribution in [0.15, 0.2) is 43.4 Å². The van der Waals surface area contributed by atoms with E-state index in [1.165, 1.54) is 6.26 Å². The molecule has 88 valence electrons. The van der Waals surface area contributed by atoms with Crippen molar-refractivity contribution in [1.29, 1.82) is 0 Å². The fourth-order valence-corrected chi connectivity index (χ4v) is 1.67. The van der Waals surface area contributed by atoms with Crippen LogP contribution in [0.3, 0.4) is 0 Å². The minimum absolute atomic E-state index is 0.625. The molecule has 0 saturated heterocycles. The van der Waals surface area contributed by atoms with Crippen molar-refractivity contribution >= 4 is 25.4 Å². The Hall–Kier alpha value is -2.00. The first-order valence-electron chi connectivity index (χ1n) is 4.89. The Bertz CT molecular complexity index is 544. The van der Waals surface area contributed by atoms with Gasteiger partial charge in [-0.15, -0.1) is 0 Å². The number of benzene rings is 1. The number of nitrogens with one attached hydrogen (secondary N) is 1. The molecule has 1 aromatic carbocycles. The number of H-pyrrole nitrogens is 1. The van der Waals surface area contributed by atoms with E-state index in [1.807, 2.05) is 24.3 Å². The lowest BCUT2D eigenvalue weighted by molar-refractivity contribution is 0.358. The molecule has 0 aliphatic rings. The molecule has 0 amide bonds. The molecule has 2 aromatic rings. The molecular formula is C11H11N2O3P. The van der Waals surface area contributed by atoms with E-state index in [1.54, 1.807) is 6.08 Å². The van der Waals surface area contributed by atoms with Crippen LogP contribution in [0.4, 0.5) is 0 Å². The van der Waals surface area contributed by atoms with Gasteiger partial charge in [0.05, 0.1) is 23.6 Å². The molecule has 0 aliphatic carbocycles. The summed E-state index contributed by atoms with van der Waals surface area (Å²) in [5.74, 6) is 0.625. The van der Waals surface area contributed by atoms with E-state index in [0.29, 0.717) is 5.82 Å². The van der Waals surface area contributed by atoms with E-state index >= 15 is 0 Å². The van der Waals surface area contributed by atoms with Crippen LogP contribution in [0.5, 0.6) is 0 Å². The van der Waals surface area contributed by atoms with Gasteiger partial charge >= 0.3 is 8.25 Å². The summed E-state index contributed by atoms with van der Waals surface area (Å²) in [6.45, 7) is 3.28. The number of rotatable bonds is 5. The van der Waals surface area contributed by atoms with Crippen LogP contribution >= 0.6 is 8.25 Å².